The minimum Gasteiger partial charge on any atom is -0.340 e. The number of carbonyl (C=O) groups excluding carboxylic acids is 2. The van der Waals surface area contributed by atoms with Gasteiger partial charge in [0.1, 0.15) is 11.6 Å². The molecule has 1 atom stereocenters. The molecule has 1 saturated heterocycles. The van der Waals surface area contributed by atoms with Crippen LogP contribution >= 0.6 is 0 Å². The summed E-state index contributed by atoms with van der Waals surface area (Å²) in [4.78, 5) is 31.0. The van der Waals surface area contributed by atoms with Crippen LogP contribution in [-0.4, -0.2) is 38.4 Å². The Morgan fingerprint density at radius 2 is 2.10 bits per heavy atom. The van der Waals surface area contributed by atoms with Crippen LogP contribution in [0.25, 0.3) is 0 Å². The standard InChI is InChI=1S/C14H20N4O3/c1-3-10-12(19)16-14(6-4-5-7-14)13(20)18(10)8-11-15-9(2)21-17-11/h10H,3-8H2,1-2H3,(H,16,19). The molecule has 1 N–H and O–H groups in total. The number of carbonyl (C=O) groups is 2. The largest absolute Gasteiger partial charge is 0.340 e. The zero-order valence-corrected chi connectivity index (χ0v) is 12.4. The van der Waals surface area contributed by atoms with Crippen LogP contribution in [-0.2, 0) is 16.1 Å². The topological polar surface area (TPSA) is 88.3 Å². The summed E-state index contributed by atoms with van der Waals surface area (Å²) in [7, 11) is 0. The van der Waals surface area contributed by atoms with Crippen molar-refractivity contribution in [2.45, 2.75) is 64.1 Å². The Kier molecular flexibility index (Phi) is 3.43. The van der Waals surface area contributed by atoms with Crippen molar-refractivity contribution in [1.29, 1.82) is 0 Å². The summed E-state index contributed by atoms with van der Waals surface area (Å²) in [5.74, 6) is 0.831. The molecular formula is C14H20N4O3. The first-order valence-electron chi connectivity index (χ1n) is 7.48. The summed E-state index contributed by atoms with van der Waals surface area (Å²) in [6.45, 7) is 3.83. The number of hydrogen-bond donors (Lipinski definition) is 1. The maximum Gasteiger partial charge on any atom is 0.249 e. The lowest BCUT2D eigenvalue weighted by atomic mass is 9.90. The third kappa shape index (κ3) is 2.30. The molecule has 1 aliphatic heterocycles. The SMILES string of the molecule is CCC1C(=O)NC2(CCCC2)C(=O)N1Cc1noc(C)n1. The van der Waals surface area contributed by atoms with Gasteiger partial charge in [-0.3, -0.25) is 9.59 Å². The summed E-state index contributed by atoms with van der Waals surface area (Å²) < 4.78 is 4.95. The zero-order chi connectivity index (χ0) is 15.0. The fourth-order valence-corrected chi connectivity index (χ4v) is 3.39. The van der Waals surface area contributed by atoms with Crippen LogP contribution in [0.2, 0.25) is 0 Å². The monoisotopic (exact) mass is 292 g/mol. The average molecular weight is 292 g/mol. The fourth-order valence-electron chi connectivity index (χ4n) is 3.39. The van der Waals surface area contributed by atoms with E-state index in [1.54, 1.807) is 11.8 Å². The molecule has 3 rings (SSSR count). The van der Waals surface area contributed by atoms with Gasteiger partial charge in [-0.15, -0.1) is 0 Å². The quantitative estimate of drug-likeness (QED) is 0.895. The summed E-state index contributed by atoms with van der Waals surface area (Å²) in [5, 5.41) is 6.81. The van der Waals surface area contributed by atoms with Crippen LogP contribution in [0.3, 0.4) is 0 Å². The van der Waals surface area contributed by atoms with E-state index in [1.807, 2.05) is 6.92 Å². The van der Waals surface area contributed by atoms with Crippen molar-refractivity contribution in [3.63, 3.8) is 0 Å². The Morgan fingerprint density at radius 3 is 2.67 bits per heavy atom. The lowest BCUT2D eigenvalue weighted by Gasteiger charge is -2.43. The van der Waals surface area contributed by atoms with Gasteiger partial charge in [0.05, 0.1) is 6.54 Å². The molecule has 1 aliphatic carbocycles. The van der Waals surface area contributed by atoms with Crippen molar-refractivity contribution in [3.8, 4) is 0 Å². The Morgan fingerprint density at radius 1 is 1.38 bits per heavy atom. The van der Waals surface area contributed by atoms with Crippen molar-refractivity contribution in [1.82, 2.24) is 20.4 Å². The molecule has 1 spiro atoms. The first-order valence-corrected chi connectivity index (χ1v) is 7.48. The Balaban J connectivity index is 1.89. The second-order valence-corrected chi connectivity index (χ2v) is 5.87. The number of nitrogens with one attached hydrogen (secondary N) is 1. The number of hydrogen-bond acceptors (Lipinski definition) is 5. The van der Waals surface area contributed by atoms with Crippen LogP contribution in [0.5, 0.6) is 0 Å². The molecule has 1 aromatic rings. The van der Waals surface area contributed by atoms with Gasteiger partial charge in [0, 0.05) is 6.92 Å². The van der Waals surface area contributed by atoms with E-state index in [0.717, 1.165) is 25.7 Å². The number of aromatic nitrogens is 2. The molecule has 2 fully saturated rings. The van der Waals surface area contributed by atoms with Gasteiger partial charge in [0.25, 0.3) is 0 Å². The third-order valence-corrected chi connectivity index (χ3v) is 4.44. The number of aryl methyl sites for hydroxylation is 1. The molecular weight excluding hydrogens is 272 g/mol. The molecule has 21 heavy (non-hydrogen) atoms. The van der Waals surface area contributed by atoms with Crippen LogP contribution in [0.1, 0.15) is 50.7 Å². The second-order valence-electron chi connectivity index (χ2n) is 5.87. The van der Waals surface area contributed by atoms with Crippen LogP contribution in [0.15, 0.2) is 4.52 Å². The van der Waals surface area contributed by atoms with E-state index in [9.17, 15) is 9.59 Å². The molecule has 2 amide bonds. The Labute approximate surface area is 123 Å². The molecule has 2 aliphatic rings. The minimum absolute atomic E-state index is 0.00565. The maximum atomic E-state index is 12.9. The van der Waals surface area contributed by atoms with Crippen molar-refractivity contribution in [3.05, 3.63) is 11.7 Å². The second kappa shape index (κ2) is 5.13. The highest BCUT2D eigenvalue weighted by Crippen LogP contribution is 2.35. The number of piperazine rings is 1. The van der Waals surface area contributed by atoms with Gasteiger partial charge in [-0.1, -0.05) is 24.9 Å². The normalized spacial score (nSPS) is 24.7. The highest BCUT2D eigenvalue weighted by Gasteiger charge is 2.51. The molecule has 7 heteroatoms. The van der Waals surface area contributed by atoms with Gasteiger partial charge < -0.3 is 14.7 Å². The van der Waals surface area contributed by atoms with Crippen molar-refractivity contribution in [2.75, 3.05) is 0 Å². The maximum absolute atomic E-state index is 12.9. The number of amides is 2. The average Bonchev–Trinajstić information content (AvgIpc) is 3.06. The minimum atomic E-state index is -0.707. The molecule has 114 valence electrons. The van der Waals surface area contributed by atoms with Crippen LogP contribution < -0.4 is 5.32 Å². The first-order chi connectivity index (χ1) is 10.1. The predicted octanol–water partition coefficient (Wildman–Crippen LogP) is 0.928. The lowest BCUT2D eigenvalue weighted by Crippen LogP contribution is -2.69. The molecule has 7 nitrogen and oxygen atoms in total. The molecule has 1 saturated carbocycles. The Bertz CT molecular complexity index is 562. The van der Waals surface area contributed by atoms with Gasteiger partial charge in [-0.25, -0.2) is 0 Å². The van der Waals surface area contributed by atoms with Gasteiger partial charge in [-0.05, 0) is 19.3 Å². The summed E-state index contributed by atoms with van der Waals surface area (Å²) in [5.41, 5.74) is -0.707. The third-order valence-electron chi connectivity index (χ3n) is 4.44. The number of rotatable bonds is 3. The van der Waals surface area contributed by atoms with Gasteiger partial charge in [0.15, 0.2) is 5.82 Å². The van der Waals surface area contributed by atoms with Crippen LogP contribution in [0, 0.1) is 6.92 Å². The van der Waals surface area contributed by atoms with Gasteiger partial charge in [-0.2, -0.15) is 4.98 Å². The lowest BCUT2D eigenvalue weighted by molar-refractivity contribution is -0.155. The first kappa shape index (κ1) is 14.0. The van der Waals surface area contributed by atoms with Crippen molar-refractivity contribution < 1.29 is 14.1 Å². The van der Waals surface area contributed by atoms with E-state index in [-0.39, 0.29) is 18.4 Å². The van der Waals surface area contributed by atoms with E-state index >= 15 is 0 Å². The van der Waals surface area contributed by atoms with E-state index in [4.69, 9.17) is 4.52 Å². The molecule has 0 bridgehead atoms. The van der Waals surface area contributed by atoms with E-state index in [0.29, 0.717) is 18.1 Å². The molecule has 0 aromatic carbocycles. The fraction of sp³-hybridized carbons (Fsp3) is 0.714. The van der Waals surface area contributed by atoms with Gasteiger partial charge in [0.2, 0.25) is 17.7 Å². The van der Waals surface area contributed by atoms with Crippen molar-refractivity contribution >= 4 is 11.8 Å². The molecule has 1 aromatic heterocycles. The highest BCUT2D eigenvalue weighted by atomic mass is 16.5. The van der Waals surface area contributed by atoms with Crippen LogP contribution in [0.4, 0.5) is 0 Å². The molecule has 0 radical (unpaired) electrons. The van der Waals surface area contributed by atoms with E-state index in [1.165, 1.54) is 0 Å². The van der Waals surface area contributed by atoms with Crippen molar-refractivity contribution in [2.24, 2.45) is 0 Å². The zero-order valence-electron chi connectivity index (χ0n) is 12.4. The molecule has 1 unspecified atom stereocenters. The molecule has 2 heterocycles. The highest BCUT2D eigenvalue weighted by molar-refractivity contribution is 5.99. The Hall–Kier alpha value is -1.92. The summed E-state index contributed by atoms with van der Waals surface area (Å²) in [6.07, 6.45) is 3.95. The van der Waals surface area contributed by atoms with Gasteiger partial charge >= 0.3 is 0 Å². The van der Waals surface area contributed by atoms with E-state index < -0.39 is 11.6 Å². The van der Waals surface area contributed by atoms with E-state index in [2.05, 4.69) is 15.5 Å². The number of nitrogens with zero attached hydrogens (tertiary/aromatic N) is 3. The summed E-state index contributed by atoms with van der Waals surface area (Å²) in [6, 6.07) is -0.456. The smallest absolute Gasteiger partial charge is 0.249 e. The summed E-state index contributed by atoms with van der Waals surface area (Å²) >= 11 is 0. The predicted molar refractivity (Wildman–Crippen MR) is 73.0 cm³/mol.